The van der Waals surface area contributed by atoms with Crippen molar-refractivity contribution in [1.82, 2.24) is 10.4 Å². The summed E-state index contributed by atoms with van der Waals surface area (Å²) in [6.45, 7) is 4.89. The van der Waals surface area contributed by atoms with Gasteiger partial charge in [-0.1, -0.05) is 0 Å². The van der Waals surface area contributed by atoms with Crippen LogP contribution in [0.5, 0.6) is 0 Å². The van der Waals surface area contributed by atoms with Crippen molar-refractivity contribution in [3.8, 4) is 0 Å². The second kappa shape index (κ2) is 6.62. The van der Waals surface area contributed by atoms with E-state index >= 15 is 0 Å². The number of nitrogens with one attached hydrogen (secondary N) is 1. The Balaban J connectivity index is 2.25. The quantitative estimate of drug-likeness (QED) is 0.813. The van der Waals surface area contributed by atoms with Crippen LogP contribution in [0.2, 0.25) is 0 Å². The minimum absolute atomic E-state index is 0.184. The van der Waals surface area contributed by atoms with Gasteiger partial charge < -0.3 is 9.64 Å². The average Bonchev–Trinajstić information content (AvgIpc) is 2.25. The van der Waals surface area contributed by atoms with Crippen molar-refractivity contribution in [2.24, 2.45) is 0 Å². The van der Waals surface area contributed by atoms with Gasteiger partial charge in [0.2, 0.25) is 0 Å². The summed E-state index contributed by atoms with van der Waals surface area (Å²) in [5.74, 6) is 0. The normalized spacial score (nSPS) is 18.2. The average molecular weight is 298 g/mol. The molecule has 0 bridgehead atoms. The van der Waals surface area contributed by atoms with Gasteiger partial charge in [0.05, 0.1) is 0 Å². The molecule has 5 nitrogen and oxygen atoms in total. The standard InChI is InChI=1S/C12H21F3N2O3/c1-11(2,3)20-10(18)17-6-4-9(5-7-17)16-19-8-12(13,14)15/h9,16H,4-8H2,1-3H3. The molecule has 1 saturated heterocycles. The van der Waals surface area contributed by atoms with Crippen molar-refractivity contribution in [2.75, 3.05) is 19.7 Å². The molecule has 0 radical (unpaired) electrons. The number of likely N-dealkylation sites (tertiary alicyclic amines) is 1. The lowest BCUT2D eigenvalue weighted by molar-refractivity contribution is -0.194. The molecule has 0 unspecified atom stereocenters. The number of halogens is 3. The fourth-order valence-corrected chi connectivity index (χ4v) is 1.75. The van der Waals surface area contributed by atoms with E-state index in [4.69, 9.17) is 4.74 Å². The van der Waals surface area contributed by atoms with Crippen LogP contribution in [0.25, 0.3) is 0 Å². The molecule has 1 aliphatic heterocycles. The lowest BCUT2D eigenvalue weighted by Gasteiger charge is -2.33. The summed E-state index contributed by atoms with van der Waals surface area (Å²) in [4.78, 5) is 17.7. The summed E-state index contributed by atoms with van der Waals surface area (Å²) in [5, 5.41) is 0. The van der Waals surface area contributed by atoms with Gasteiger partial charge in [0.25, 0.3) is 0 Å². The molecule has 20 heavy (non-hydrogen) atoms. The van der Waals surface area contributed by atoms with Crippen LogP contribution < -0.4 is 5.48 Å². The van der Waals surface area contributed by atoms with Gasteiger partial charge in [0.1, 0.15) is 5.60 Å². The van der Waals surface area contributed by atoms with Crippen molar-refractivity contribution >= 4 is 6.09 Å². The molecule has 0 aromatic rings. The number of hydroxylamine groups is 1. The summed E-state index contributed by atoms with van der Waals surface area (Å²) < 4.78 is 40.9. The Morgan fingerprint density at radius 3 is 2.25 bits per heavy atom. The van der Waals surface area contributed by atoms with Gasteiger partial charge in [0.15, 0.2) is 6.61 Å². The molecule has 0 spiro atoms. The zero-order valence-corrected chi connectivity index (χ0v) is 11.9. The number of carbonyl (C=O) groups excluding carboxylic acids is 1. The molecule has 0 aromatic carbocycles. The highest BCUT2D eigenvalue weighted by atomic mass is 19.4. The second-order valence-corrected chi connectivity index (χ2v) is 5.76. The van der Waals surface area contributed by atoms with Crippen LogP contribution >= 0.6 is 0 Å². The Morgan fingerprint density at radius 2 is 1.80 bits per heavy atom. The highest BCUT2D eigenvalue weighted by Crippen LogP contribution is 2.17. The molecule has 8 heteroatoms. The van der Waals surface area contributed by atoms with Gasteiger partial charge in [-0.25, -0.2) is 4.79 Å². The predicted octanol–water partition coefficient (Wildman–Crippen LogP) is 2.47. The molecule has 1 heterocycles. The van der Waals surface area contributed by atoms with E-state index in [0.717, 1.165) is 0 Å². The van der Waals surface area contributed by atoms with E-state index in [1.807, 2.05) is 0 Å². The molecule has 0 aromatic heterocycles. The van der Waals surface area contributed by atoms with Gasteiger partial charge in [-0.3, -0.25) is 4.84 Å². The van der Waals surface area contributed by atoms with E-state index in [-0.39, 0.29) is 6.04 Å². The third kappa shape index (κ3) is 6.95. The Kier molecular flexibility index (Phi) is 5.64. The third-order valence-electron chi connectivity index (χ3n) is 2.63. The highest BCUT2D eigenvalue weighted by Gasteiger charge is 2.30. The smallest absolute Gasteiger partial charge is 0.413 e. The number of amides is 1. The molecule has 1 rings (SSSR count). The zero-order chi connectivity index (χ0) is 15.4. The molecular formula is C12H21F3N2O3. The minimum Gasteiger partial charge on any atom is -0.444 e. The molecule has 118 valence electrons. The lowest BCUT2D eigenvalue weighted by atomic mass is 10.1. The number of hydrogen-bond acceptors (Lipinski definition) is 4. The van der Waals surface area contributed by atoms with Crippen molar-refractivity contribution in [3.63, 3.8) is 0 Å². The Bertz CT molecular complexity index is 321. The van der Waals surface area contributed by atoms with Crippen LogP contribution in [0, 0.1) is 0 Å². The first-order valence-corrected chi connectivity index (χ1v) is 6.49. The predicted molar refractivity (Wildman–Crippen MR) is 66.0 cm³/mol. The minimum atomic E-state index is -4.34. The van der Waals surface area contributed by atoms with Gasteiger partial charge >= 0.3 is 12.3 Å². The molecule has 0 atom stereocenters. The van der Waals surface area contributed by atoms with Crippen LogP contribution in [0.1, 0.15) is 33.6 Å². The first-order valence-electron chi connectivity index (χ1n) is 6.49. The lowest BCUT2D eigenvalue weighted by Crippen LogP contribution is -2.46. The molecule has 1 fully saturated rings. The van der Waals surface area contributed by atoms with Crippen molar-refractivity contribution in [3.05, 3.63) is 0 Å². The largest absolute Gasteiger partial charge is 0.444 e. The monoisotopic (exact) mass is 298 g/mol. The van der Waals surface area contributed by atoms with E-state index in [2.05, 4.69) is 10.3 Å². The van der Waals surface area contributed by atoms with Crippen LogP contribution in [0.4, 0.5) is 18.0 Å². The number of hydrogen-bond donors (Lipinski definition) is 1. The Morgan fingerprint density at radius 1 is 1.25 bits per heavy atom. The fraction of sp³-hybridized carbons (Fsp3) is 0.917. The number of carbonyl (C=O) groups is 1. The van der Waals surface area contributed by atoms with Crippen LogP contribution in [-0.4, -0.2) is 48.5 Å². The van der Waals surface area contributed by atoms with Crippen LogP contribution in [0.15, 0.2) is 0 Å². The van der Waals surface area contributed by atoms with Crippen LogP contribution in [0.3, 0.4) is 0 Å². The van der Waals surface area contributed by atoms with Gasteiger partial charge in [0, 0.05) is 19.1 Å². The maximum absolute atomic E-state index is 11.9. The summed E-state index contributed by atoms with van der Waals surface area (Å²) in [6, 6.07) is -0.184. The third-order valence-corrected chi connectivity index (χ3v) is 2.63. The zero-order valence-electron chi connectivity index (χ0n) is 11.9. The summed E-state index contributed by atoms with van der Waals surface area (Å²) >= 11 is 0. The molecule has 1 amide bonds. The topological polar surface area (TPSA) is 50.8 Å². The Hall–Kier alpha value is -1.02. The van der Waals surface area contributed by atoms with Crippen molar-refractivity contribution < 1.29 is 27.5 Å². The summed E-state index contributed by atoms with van der Waals surface area (Å²) in [6.07, 6.45) is -3.69. The SMILES string of the molecule is CC(C)(C)OC(=O)N1CCC(NOCC(F)(F)F)CC1. The van der Waals surface area contributed by atoms with E-state index < -0.39 is 24.5 Å². The van der Waals surface area contributed by atoms with E-state index in [1.54, 1.807) is 25.7 Å². The summed E-state index contributed by atoms with van der Waals surface area (Å²) in [5.41, 5.74) is 1.83. The van der Waals surface area contributed by atoms with Gasteiger partial charge in [-0.2, -0.15) is 18.7 Å². The summed E-state index contributed by atoms with van der Waals surface area (Å²) in [7, 11) is 0. The fourth-order valence-electron chi connectivity index (χ4n) is 1.75. The number of piperidine rings is 1. The molecular weight excluding hydrogens is 277 g/mol. The number of nitrogens with zero attached hydrogens (tertiary/aromatic N) is 1. The van der Waals surface area contributed by atoms with Crippen LogP contribution in [-0.2, 0) is 9.57 Å². The highest BCUT2D eigenvalue weighted by molar-refractivity contribution is 5.68. The Labute approximate surface area is 116 Å². The number of ether oxygens (including phenoxy) is 1. The van der Waals surface area contributed by atoms with Gasteiger partial charge in [-0.15, -0.1) is 0 Å². The molecule has 0 saturated carbocycles. The maximum atomic E-state index is 11.9. The first kappa shape index (κ1) is 17.0. The van der Waals surface area contributed by atoms with E-state index in [9.17, 15) is 18.0 Å². The van der Waals surface area contributed by atoms with E-state index in [1.165, 1.54) is 0 Å². The number of alkyl halides is 3. The molecule has 1 N–H and O–H groups in total. The van der Waals surface area contributed by atoms with Gasteiger partial charge in [-0.05, 0) is 33.6 Å². The molecule has 0 aliphatic carbocycles. The number of rotatable bonds is 3. The second-order valence-electron chi connectivity index (χ2n) is 5.76. The maximum Gasteiger partial charge on any atom is 0.413 e. The van der Waals surface area contributed by atoms with E-state index in [0.29, 0.717) is 25.9 Å². The van der Waals surface area contributed by atoms with Crippen molar-refractivity contribution in [1.29, 1.82) is 0 Å². The van der Waals surface area contributed by atoms with Crippen molar-refractivity contribution in [2.45, 2.75) is 51.4 Å². The first-order chi connectivity index (χ1) is 9.07. The molecule has 1 aliphatic rings.